The highest BCUT2D eigenvalue weighted by Crippen LogP contribution is 2.15. The van der Waals surface area contributed by atoms with Gasteiger partial charge in [0.2, 0.25) is 0 Å². The molecule has 1 aliphatic rings. The highest BCUT2D eigenvalue weighted by molar-refractivity contribution is 5.66. The fraction of sp³-hybridized carbons (Fsp3) is 0.588. The number of carbonyl (C=O) groups is 1. The highest BCUT2D eigenvalue weighted by atomic mass is 16.4. The van der Waals surface area contributed by atoms with E-state index in [9.17, 15) is 4.79 Å². The number of rotatable bonds is 7. The number of aliphatic carboxylic acids is 1. The molecule has 0 spiro atoms. The molecule has 0 saturated carbocycles. The monoisotopic (exact) mass is 290 g/mol. The number of hydrogen-bond acceptors (Lipinski definition) is 3. The van der Waals surface area contributed by atoms with Crippen molar-refractivity contribution < 1.29 is 9.90 Å². The van der Waals surface area contributed by atoms with Crippen LogP contribution in [-0.4, -0.2) is 41.1 Å². The van der Waals surface area contributed by atoms with Gasteiger partial charge in [0.25, 0.3) is 0 Å². The summed E-state index contributed by atoms with van der Waals surface area (Å²) < 4.78 is 0. The van der Waals surface area contributed by atoms with Crippen molar-refractivity contribution in [2.45, 2.75) is 51.2 Å². The lowest BCUT2D eigenvalue weighted by Gasteiger charge is -2.34. The van der Waals surface area contributed by atoms with Crippen LogP contribution in [0.15, 0.2) is 30.3 Å². The minimum absolute atomic E-state index is 0.251. The van der Waals surface area contributed by atoms with Gasteiger partial charge in [-0.25, -0.2) is 0 Å². The molecule has 116 valence electrons. The zero-order valence-corrected chi connectivity index (χ0v) is 12.8. The van der Waals surface area contributed by atoms with Crippen molar-refractivity contribution in [1.82, 2.24) is 10.2 Å². The second-order valence-corrected chi connectivity index (χ2v) is 6.04. The summed E-state index contributed by atoms with van der Waals surface area (Å²) in [7, 11) is 0. The number of nitrogens with one attached hydrogen (secondary N) is 1. The Hall–Kier alpha value is -1.39. The summed E-state index contributed by atoms with van der Waals surface area (Å²) in [4.78, 5) is 13.1. The van der Waals surface area contributed by atoms with E-state index >= 15 is 0 Å². The van der Waals surface area contributed by atoms with Crippen LogP contribution in [0.3, 0.4) is 0 Å². The Balaban J connectivity index is 1.67. The zero-order valence-electron chi connectivity index (χ0n) is 12.8. The molecule has 0 aliphatic carbocycles. The van der Waals surface area contributed by atoms with Crippen LogP contribution in [0.25, 0.3) is 0 Å². The Labute approximate surface area is 127 Å². The van der Waals surface area contributed by atoms with Crippen molar-refractivity contribution in [3.8, 4) is 0 Å². The van der Waals surface area contributed by atoms with Crippen LogP contribution >= 0.6 is 0 Å². The van der Waals surface area contributed by atoms with Crippen LogP contribution in [0, 0.1) is 0 Å². The number of carboxylic acids is 1. The summed E-state index contributed by atoms with van der Waals surface area (Å²) in [6, 6.07) is 11.4. The molecule has 0 amide bonds. The standard InChI is InChI=1S/C17H26N2O2/c1-14(7-8-17(20)21)18-16-9-11-19(12-10-16)13-15-5-3-2-4-6-15/h2-6,14,16,18H,7-13H2,1H3,(H,20,21). The first-order valence-electron chi connectivity index (χ1n) is 7.87. The zero-order chi connectivity index (χ0) is 15.1. The van der Waals surface area contributed by atoms with E-state index < -0.39 is 5.97 Å². The molecule has 4 nitrogen and oxygen atoms in total. The maximum absolute atomic E-state index is 10.6. The van der Waals surface area contributed by atoms with Crippen LogP contribution in [-0.2, 0) is 11.3 Å². The summed E-state index contributed by atoms with van der Waals surface area (Å²) in [5, 5.41) is 12.3. The number of piperidine rings is 1. The molecule has 1 heterocycles. The molecule has 1 unspecified atom stereocenters. The Morgan fingerprint density at radius 1 is 1.33 bits per heavy atom. The second kappa shape index (κ2) is 8.15. The summed E-state index contributed by atoms with van der Waals surface area (Å²) in [5.41, 5.74) is 1.37. The van der Waals surface area contributed by atoms with E-state index in [-0.39, 0.29) is 12.5 Å². The summed E-state index contributed by atoms with van der Waals surface area (Å²) in [6.45, 7) is 5.33. The fourth-order valence-electron chi connectivity index (χ4n) is 2.93. The van der Waals surface area contributed by atoms with Gasteiger partial charge in [-0.1, -0.05) is 30.3 Å². The normalized spacial score (nSPS) is 18.5. The van der Waals surface area contributed by atoms with Gasteiger partial charge in [0.1, 0.15) is 0 Å². The van der Waals surface area contributed by atoms with Gasteiger partial charge in [-0.2, -0.15) is 0 Å². The molecule has 2 N–H and O–H groups in total. The largest absolute Gasteiger partial charge is 0.481 e. The first kappa shape index (κ1) is 16.0. The lowest BCUT2D eigenvalue weighted by molar-refractivity contribution is -0.137. The Kier molecular flexibility index (Phi) is 6.21. The van der Waals surface area contributed by atoms with E-state index in [4.69, 9.17) is 5.11 Å². The number of carboxylic acid groups (broad SMARTS) is 1. The molecular weight excluding hydrogens is 264 g/mol. The van der Waals surface area contributed by atoms with Crippen molar-refractivity contribution >= 4 is 5.97 Å². The topological polar surface area (TPSA) is 52.6 Å². The van der Waals surface area contributed by atoms with Gasteiger partial charge in [0.05, 0.1) is 0 Å². The minimum atomic E-state index is -0.707. The van der Waals surface area contributed by atoms with Crippen molar-refractivity contribution in [3.63, 3.8) is 0 Å². The van der Waals surface area contributed by atoms with Gasteiger partial charge in [-0.05, 0) is 44.8 Å². The molecule has 1 atom stereocenters. The van der Waals surface area contributed by atoms with E-state index in [2.05, 4.69) is 47.5 Å². The first-order valence-corrected chi connectivity index (χ1v) is 7.87. The van der Waals surface area contributed by atoms with E-state index in [0.29, 0.717) is 12.5 Å². The quantitative estimate of drug-likeness (QED) is 0.810. The molecule has 1 aliphatic heterocycles. The van der Waals surface area contributed by atoms with E-state index in [1.807, 2.05) is 0 Å². The molecule has 0 bridgehead atoms. The fourth-order valence-corrected chi connectivity index (χ4v) is 2.93. The molecule has 1 aromatic rings. The average molecular weight is 290 g/mol. The molecule has 1 fully saturated rings. The molecule has 0 aromatic heterocycles. The predicted octanol–water partition coefficient (Wildman–Crippen LogP) is 2.49. The van der Waals surface area contributed by atoms with Gasteiger partial charge >= 0.3 is 5.97 Å². The number of hydrogen-bond donors (Lipinski definition) is 2. The maximum Gasteiger partial charge on any atom is 0.303 e. The van der Waals surface area contributed by atoms with Gasteiger partial charge in [-0.15, -0.1) is 0 Å². The molecule has 0 radical (unpaired) electrons. The van der Waals surface area contributed by atoms with Gasteiger partial charge in [0.15, 0.2) is 0 Å². The van der Waals surface area contributed by atoms with Crippen molar-refractivity contribution in [1.29, 1.82) is 0 Å². The summed E-state index contributed by atoms with van der Waals surface area (Å²) >= 11 is 0. The van der Waals surface area contributed by atoms with E-state index in [1.54, 1.807) is 0 Å². The van der Waals surface area contributed by atoms with Crippen LogP contribution in [0.1, 0.15) is 38.2 Å². The molecule has 1 aromatic carbocycles. The molecular formula is C17H26N2O2. The van der Waals surface area contributed by atoms with Crippen molar-refractivity contribution in [3.05, 3.63) is 35.9 Å². The molecule has 4 heteroatoms. The molecule has 1 saturated heterocycles. The molecule has 2 rings (SSSR count). The Bertz CT molecular complexity index is 428. The summed E-state index contributed by atoms with van der Waals surface area (Å²) in [5.74, 6) is -0.707. The third kappa shape index (κ3) is 5.86. The second-order valence-electron chi connectivity index (χ2n) is 6.04. The molecule has 21 heavy (non-hydrogen) atoms. The van der Waals surface area contributed by atoms with Gasteiger partial charge < -0.3 is 10.4 Å². The van der Waals surface area contributed by atoms with Crippen LogP contribution in [0.2, 0.25) is 0 Å². The Morgan fingerprint density at radius 3 is 2.62 bits per heavy atom. The van der Waals surface area contributed by atoms with Gasteiger partial charge in [-0.3, -0.25) is 9.69 Å². The Morgan fingerprint density at radius 2 is 2.00 bits per heavy atom. The SMILES string of the molecule is CC(CCC(=O)O)NC1CCN(Cc2ccccc2)CC1. The van der Waals surface area contributed by atoms with Crippen molar-refractivity contribution in [2.24, 2.45) is 0 Å². The minimum Gasteiger partial charge on any atom is -0.481 e. The van der Waals surface area contributed by atoms with E-state index in [0.717, 1.165) is 32.5 Å². The van der Waals surface area contributed by atoms with Gasteiger partial charge in [0, 0.05) is 25.0 Å². The maximum atomic E-state index is 10.6. The van der Waals surface area contributed by atoms with Crippen LogP contribution in [0.4, 0.5) is 0 Å². The average Bonchev–Trinajstić information content (AvgIpc) is 2.48. The van der Waals surface area contributed by atoms with Crippen LogP contribution < -0.4 is 5.32 Å². The number of likely N-dealkylation sites (tertiary alicyclic amines) is 1. The summed E-state index contributed by atoms with van der Waals surface area (Å²) in [6.07, 6.45) is 3.25. The third-order valence-corrected chi connectivity index (χ3v) is 4.15. The number of benzene rings is 1. The lowest BCUT2D eigenvalue weighted by atomic mass is 10.0. The predicted molar refractivity (Wildman–Crippen MR) is 84.2 cm³/mol. The smallest absolute Gasteiger partial charge is 0.303 e. The lowest BCUT2D eigenvalue weighted by Crippen LogP contribution is -2.45. The third-order valence-electron chi connectivity index (χ3n) is 4.15. The number of nitrogens with zero attached hydrogens (tertiary/aromatic N) is 1. The van der Waals surface area contributed by atoms with E-state index in [1.165, 1.54) is 5.56 Å². The van der Waals surface area contributed by atoms with Crippen molar-refractivity contribution in [2.75, 3.05) is 13.1 Å². The van der Waals surface area contributed by atoms with Crippen LogP contribution in [0.5, 0.6) is 0 Å². The first-order chi connectivity index (χ1) is 10.1. The highest BCUT2D eigenvalue weighted by Gasteiger charge is 2.20.